The molecule has 124 valence electrons. The third-order valence-corrected chi connectivity index (χ3v) is 4.85. The van der Waals surface area contributed by atoms with Gasteiger partial charge in [0, 0.05) is 24.5 Å². The van der Waals surface area contributed by atoms with Crippen LogP contribution in [0.4, 0.5) is 0 Å². The maximum Gasteiger partial charge on any atom is 0.0707 e. The first kappa shape index (κ1) is 16.9. The summed E-state index contributed by atoms with van der Waals surface area (Å²) in [6.07, 6.45) is 0.326. The zero-order valence-electron chi connectivity index (χ0n) is 13.7. The van der Waals surface area contributed by atoms with Crippen LogP contribution >= 0.6 is 11.3 Å². The zero-order valence-corrected chi connectivity index (χ0v) is 14.5. The normalized spacial score (nSPS) is 12.4. The third-order valence-electron chi connectivity index (χ3n) is 3.99. The Kier molecular flexibility index (Phi) is 6.19. The van der Waals surface area contributed by atoms with Gasteiger partial charge in [-0.1, -0.05) is 66.7 Å². The molecule has 2 nitrogen and oxygen atoms in total. The highest BCUT2D eigenvalue weighted by Crippen LogP contribution is 2.16. The van der Waals surface area contributed by atoms with Crippen LogP contribution in [0.1, 0.15) is 16.0 Å². The van der Waals surface area contributed by atoms with E-state index in [1.165, 1.54) is 16.0 Å². The molecule has 2 aromatic carbocycles. The number of hydrogen-bond donors (Lipinski definition) is 1. The molecule has 1 heterocycles. The molecule has 0 aliphatic carbocycles. The van der Waals surface area contributed by atoms with Crippen molar-refractivity contribution in [3.8, 4) is 0 Å². The Hall–Kier alpha value is -1.94. The Morgan fingerprint density at radius 1 is 0.792 bits per heavy atom. The van der Waals surface area contributed by atoms with Gasteiger partial charge in [-0.3, -0.25) is 4.90 Å². The molecule has 0 aliphatic rings. The van der Waals surface area contributed by atoms with Crippen LogP contribution in [0.15, 0.2) is 78.2 Å². The van der Waals surface area contributed by atoms with Crippen LogP contribution in [0.2, 0.25) is 0 Å². The molecule has 0 saturated carbocycles. The van der Waals surface area contributed by atoms with E-state index >= 15 is 0 Å². The van der Waals surface area contributed by atoms with Gasteiger partial charge in [0.05, 0.1) is 6.10 Å². The minimum Gasteiger partial charge on any atom is -0.391 e. The molecule has 0 radical (unpaired) electrons. The summed E-state index contributed by atoms with van der Waals surface area (Å²) in [6, 6.07) is 24.9. The van der Waals surface area contributed by atoms with Crippen molar-refractivity contribution in [2.75, 3.05) is 6.54 Å². The molecule has 1 aromatic heterocycles. The lowest BCUT2D eigenvalue weighted by atomic mass is 10.1. The highest BCUT2D eigenvalue weighted by atomic mass is 32.1. The fourth-order valence-corrected chi connectivity index (χ4v) is 3.64. The van der Waals surface area contributed by atoms with Crippen molar-refractivity contribution in [1.82, 2.24) is 4.90 Å². The van der Waals surface area contributed by atoms with E-state index < -0.39 is 0 Å². The second kappa shape index (κ2) is 8.78. The summed E-state index contributed by atoms with van der Waals surface area (Å²) in [6.45, 7) is 2.39. The molecule has 24 heavy (non-hydrogen) atoms. The van der Waals surface area contributed by atoms with Crippen molar-refractivity contribution in [3.63, 3.8) is 0 Å². The summed E-state index contributed by atoms with van der Waals surface area (Å²) in [4.78, 5) is 3.66. The van der Waals surface area contributed by atoms with Gasteiger partial charge in [-0.05, 0) is 29.0 Å². The summed E-state index contributed by atoms with van der Waals surface area (Å²) < 4.78 is 0. The molecular weight excluding hydrogens is 314 g/mol. The fourth-order valence-electron chi connectivity index (χ4n) is 2.90. The van der Waals surface area contributed by atoms with Crippen LogP contribution in [0.25, 0.3) is 0 Å². The predicted octanol–water partition coefficient (Wildman–Crippen LogP) is 4.35. The second-order valence-electron chi connectivity index (χ2n) is 6.08. The number of aliphatic hydroxyl groups is 1. The van der Waals surface area contributed by atoms with Gasteiger partial charge in [-0.2, -0.15) is 0 Å². The molecule has 1 unspecified atom stereocenters. The second-order valence-corrected chi connectivity index (χ2v) is 7.11. The SMILES string of the molecule is OC(Cc1ccccc1)CN(Cc1ccccc1)Cc1cccs1. The minimum atomic E-state index is -0.365. The summed E-state index contributed by atoms with van der Waals surface area (Å²) in [5.41, 5.74) is 2.46. The maximum absolute atomic E-state index is 10.5. The molecular formula is C21H23NOS. The van der Waals surface area contributed by atoms with E-state index in [1.807, 2.05) is 24.3 Å². The number of rotatable bonds is 8. The van der Waals surface area contributed by atoms with Crippen molar-refractivity contribution in [1.29, 1.82) is 0 Å². The molecule has 0 fully saturated rings. The molecule has 0 saturated heterocycles. The number of nitrogens with zero attached hydrogens (tertiary/aromatic N) is 1. The van der Waals surface area contributed by atoms with E-state index in [-0.39, 0.29) is 6.10 Å². The lowest BCUT2D eigenvalue weighted by Crippen LogP contribution is -2.32. The average molecular weight is 337 g/mol. The maximum atomic E-state index is 10.5. The van der Waals surface area contributed by atoms with Crippen LogP contribution in [-0.2, 0) is 19.5 Å². The quantitative estimate of drug-likeness (QED) is 0.660. The van der Waals surface area contributed by atoms with Crippen LogP contribution < -0.4 is 0 Å². The largest absolute Gasteiger partial charge is 0.391 e. The number of hydrogen-bond acceptors (Lipinski definition) is 3. The Morgan fingerprint density at radius 3 is 2.08 bits per heavy atom. The number of benzene rings is 2. The van der Waals surface area contributed by atoms with Crippen molar-refractivity contribution < 1.29 is 5.11 Å². The lowest BCUT2D eigenvalue weighted by Gasteiger charge is -2.25. The number of aliphatic hydroxyl groups excluding tert-OH is 1. The van der Waals surface area contributed by atoms with Gasteiger partial charge in [-0.25, -0.2) is 0 Å². The molecule has 3 rings (SSSR count). The molecule has 0 amide bonds. The van der Waals surface area contributed by atoms with Gasteiger partial charge in [0.15, 0.2) is 0 Å². The van der Waals surface area contributed by atoms with Gasteiger partial charge < -0.3 is 5.11 Å². The average Bonchev–Trinajstić information content (AvgIpc) is 3.09. The summed E-state index contributed by atoms with van der Waals surface area (Å²) in [5.74, 6) is 0. The number of thiophene rings is 1. The van der Waals surface area contributed by atoms with E-state index in [9.17, 15) is 5.11 Å². The van der Waals surface area contributed by atoms with Crippen LogP contribution in [0, 0.1) is 0 Å². The first-order valence-corrected chi connectivity index (χ1v) is 9.18. The molecule has 3 aromatic rings. The summed E-state index contributed by atoms with van der Waals surface area (Å²) in [5, 5.41) is 12.6. The molecule has 0 aliphatic heterocycles. The standard InChI is InChI=1S/C21H23NOS/c23-20(14-18-8-3-1-4-9-18)16-22(17-21-12-7-13-24-21)15-19-10-5-2-6-11-19/h1-13,20,23H,14-17H2. The van der Waals surface area contributed by atoms with Crippen molar-refractivity contribution in [3.05, 3.63) is 94.2 Å². The third kappa shape index (κ3) is 5.31. The summed E-state index contributed by atoms with van der Waals surface area (Å²) in [7, 11) is 0. The summed E-state index contributed by atoms with van der Waals surface area (Å²) >= 11 is 1.77. The van der Waals surface area contributed by atoms with E-state index in [4.69, 9.17) is 0 Å². The lowest BCUT2D eigenvalue weighted by molar-refractivity contribution is 0.105. The smallest absolute Gasteiger partial charge is 0.0707 e. The molecule has 0 spiro atoms. The van der Waals surface area contributed by atoms with Gasteiger partial charge in [0.25, 0.3) is 0 Å². The van der Waals surface area contributed by atoms with E-state index in [0.717, 1.165) is 13.1 Å². The van der Waals surface area contributed by atoms with Crippen LogP contribution in [0.5, 0.6) is 0 Å². The van der Waals surface area contributed by atoms with Gasteiger partial charge in [0.1, 0.15) is 0 Å². The van der Waals surface area contributed by atoms with Crippen molar-refractivity contribution >= 4 is 11.3 Å². The predicted molar refractivity (Wildman–Crippen MR) is 101 cm³/mol. The highest BCUT2D eigenvalue weighted by molar-refractivity contribution is 7.09. The van der Waals surface area contributed by atoms with Crippen LogP contribution in [-0.4, -0.2) is 22.7 Å². The Balaban J connectivity index is 1.64. The van der Waals surface area contributed by atoms with Crippen molar-refractivity contribution in [2.24, 2.45) is 0 Å². The minimum absolute atomic E-state index is 0.365. The van der Waals surface area contributed by atoms with E-state index in [1.54, 1.807) is 11.3 Å². The first-order chi connectivity index (χ1) is 11.8. The Bertz CT molecular complexity index is 697. The Morgan fingerprint density at radius 2 is 1.46 bits per heavy atom. The van der Waals surface area contributed by atoms with E-state index in [0.29, 0.717) is 13.0 Å². The first-order valence-electron chi connectivity index (χ1n) is 8.30. The molecule has 1 N–H and O–H groups in total. The zero-order chi connectivity index (χ0) is 16.6. The topological polar surface area (TPSA) is 23.5 Å². The van der Waals surface area contributed by atoms with E-state index in [2.05, 4.69) is 58.8 Å². The van der Waals surface area contributed by atoms with Gasteiger partial charge >= 0.3 is 0 Å². The molecule has 3 heteroatoms. The highest BCUT2D eigenvalue weighted by Gasteiger charge is 2.14. The van der Waals surface area contributed by atoms with Gasteiger partial charge in [-0.15, -0.1) is 11.3 Å². The monoisotopic (exact) mass is 337 g/mol. The molecule has 1 atom stereocenters. The van der Waals surface area contributed by atoms with Crippen molar-refractivity contribution in [2.45, 2.75) is 25.6 Å². The Labute approximate surface area is 148 Å². The molecule has 0 bridgehead atoms. The van der Waals surface area contributed by atoms with Gasteiger partial charge in [0.2, 0.25) is 0 Å². The van der Waals surface area contributed by atoms with Crippen LogP contribution in [0.3, 0.4) is 0 Å². The fraction of sp³-hybridized carbons (Fsp3) is 0.238.